The molecule has 0 radical (unpaired) electrons. The minimum Gasteiger partial charge on any atom is -0.382 e. The predicted molar refractivity (Wildman–Crippen MR) is 80.6 cm³/mol. The van der Waals surface area contributed by atoms with E-state index in [9.17, 15) is 0 Å². The number of nitrogens with zero attached hydrogens (tertiary/aromatic N) is 2. The molecule has 0 saturated carbocycles. The molecule has 0 aliphatic carbocycles. The lowest BCUT2D eigenvalue weighted by atomic mass is 10.3. The van der Waals surface area contributed by atoms with E-state index in [1.807, 2.05) is 6.92 Å². The molecule has 20 heavy (non-hydrogen) atoms. The number of guanidine groups is 1. The van der Waals surface area contributed by atoms with Crippen molar-refractivity contribution in [1.82, 2.24) is 15.6 Å². The van der Waals surface area contributed by atoms with Crippen molar-refractivity contribution in [2.45, 2.75) is 26.4 Å². The van der Waals surface area contributed by atoms with E-state index >= 15 is 0 Å². The van der Waals surface area contributed by atoms with Crippen LogP contribution in [-0.2, 0) is 9.47 Å². The summed E-state index contributed by atoms with van der Waals surface area (Å²) in [6.07, 6.45) is 1.08. The Morgan fingerprint density at radius 2 is 2.35 bits per heavy atom. The second kappa shape index (κ2) is 10.8. The average molecular weight is 287 g/mol. The summed E-state index contributed by atoms with van der Waals surface area (Å²) in [4.78, 5) is 6.80. The topological polar surface area (TPSA) is 84.1 Å². The molecule has 0 aromatic carbocycles. The fraction of sp³-hybridized carbons (Fsp3) is 0.923. The maximum atomic E-state index is 5.70. The molecule has 0 aromatic heterocycles. The smallest absolute Gasteiger partial charge is 0.205 e. The maximum Gasteiger partial charge on any atom is 0.205 e. The monoisotopic (exact) mass is 287 g/mol. The third kappa shape index (κ3) is 7.04. The van der Waals surface area contributed by atoms with Gasteiger partial charge < -0.3 is 14.8 Å². The highest BCUT2D eigenvalue weighted by molar-refractivity contribution is 5.79. The second-order valence-corrected chi connectivity index (χ2v) is 4.70. The van der Waals surface area contributed by atoms with Crippen molar-refractivity contribution in [3.8, 4) is 0 Å². The Balaban J connectivity index is 2.22. The van der Waals surface area contributed by atoms with Crippen molar-refractivity contribution >= 4 is 5.96 Å². The van der Waals surface area contributed by atoms with Crippen molar-refractivity contribution in [2.75, 3.05) is 52.5 Å². The Labute approximate surface area is 121 Å². The molecule has 1 unspecified atom stereocenters. The fourth-order valence-electron chi connectivity index (χ4n) is 2.05. The molecule has 1 atom stereocenters. The summed E-state index contributed by atoms with van der Waals surface area (Å²) in [6.45, 7) is 10.8. The summed E-state index contributed by atoms with van der Waals surface area (Å²) in [6, 6.07) is 0. The van der Waals surface area contributed by atoms with Gasteiger partial charge in [-0.25, -0.2) is 10.8 Å². The first-order chi connectivity index (χ1) is 9.80. The molecule has 1 rings (SSSR count). The van der Waals surface area contributed by atoms with Crippen LogP contribution in [0, 0.1) is 0 Å². The van der Waals surface area contributed by atoms with Gasteiger partial charge in [0, 0.05) is 32.8 Å². The van der Waals surface area contributed by atoms with Crippen LogP contribution in [0.3, 0.4) is 0 Å². The van der Waals surface area contributed by atoms with Crippen LogP contribution in [0.2, 0.25) is 0 Å². The molecule has 7 nitrogen and oxygen atoms in total. The SMILES string of the molecule is CCOCCCNC(=NCC1CN(CC)CCO1)NN. The van der Waals surface area contributed by atoms with E-state index < -0.39 is 0 Å². The number of ether oxygens (including phenoxy) is 2. The Bertz CT molecular complexity index is 275. The molecule has 1 aliphatic heterocycles. The van der Waals surface area contributed by atoms with Crippen LogP contribution in [-0.4, -0.2) is 69.5 Å². The average Bonchev–Trinajstić information content (AvgIpc) is 2.50. The number of aliphatic imine (C=N–C) groups is 1. The molecule has 1 saturated heterocycles. The summed E-state index contributed by atoms with van der Waals surface area (Å²) in [5.74, 6) is 6.07. The number of nitrogens with one attached hydrogen (secondary N) is 2. The van der Waals surface area contributed by atoms with E-state index in [-0.39, 0.29) is 6.10 Å². The lowest BCUT2D eigenvalue weighted by Crippen LogP contribution is -2.45. The Morgan fingerprint density at radius 1 is 1.50 bits per heavy atom. The van der Waals surface area contributed by atoms with Crippen molar-refractivity contribution in [2.24, 2.45) is 10.8 Å². The Kier molecular flexibility index (Phi) is 9.31. The molecule has 4 N–H and O–H groups in total. The predicted octanol–water partition coefficient (Wildman–Crippen LogP) is -0.457. The van der Waals surface area contributed by atoms with E-state index in [4.69, 9.17) is 15.3 Å². The van der Waals surface area contributed by atoms with E-state index in [1.165, 1.54) is 0 Å². The van der Waals surface area contributed by atoms with Gasteiger partial charge in [-0.2, -0.15) is 0 Å². The first-order valence-corrected chi connectivity index (χ1v) is 7.46. The first-order valence-electron chi connectivity index (χ1n) is 7.46. The summed E-state index contributed by atoms with van der Waals surface area (Å²) in [7, 11) is 0. The van der Waals surface area contributed by atoms with Gasteiger partial charge in [-0.05, 0) is 19.9 Å². The molecule has 0 amide bonds. The molecule has 7 heteroatoms. The van der Waals surface area contributed by atoms with Gasteiger partial charge in [0.2, 0.25) is 5.96 Å². The standard InChI is InChI=1S/C13H29N5O2/c1-3-18-7-9-20-12(11-18)10-16-13(17-14)15-6-5-8-19-4-2/h12H,3-11,14H2,1-2H3,(H2,15,16,17). The largest absolute Gasteiger partial charge is 0.382 e. The third-order valence-corrected chi connectivity index (χ3v) is 3.22. The number of nitrogens with two attached hydrogens (primary N) is 1. The number of rotatable bonds is 8. The minimum absolute atomic E-state index is 0.150. The maximum absolute atomic E-state index is 5.70. The Morgan fingerprint density at radius 3 is 3.05 bits per heavy atom. The van der Waals surface area contributed by atoms with Gasteiger partial charge in [0.1, 0.15) is 0 Å². The molecular formula is C13H29N5O2. The second-order valence-electron chi connectivity index (χ2n) is 4.70. The van der Waals surface area contributed by atoms with Crippen LogP contribution >= 0.6 is 0 Å². The zero-order valence-corrected chi connectivity index (χ0v) is 12.7. The number of hydrazine groups is 1. The van der Waals surface area contributed by atoms with Crippen LogP contribution < -0.4 is 16.6 Å². The van der Waals surface area contributed by atoms with Gasteiger partial charge in [-0.15, -0.1) is 0 Å². The number of hydrogen-bond donors (Lipinski definition) is 3. The van der Waals surface area contributed by atoms with Crippen molar-refractivity contribution in [3.05, 3.63) is 0 Å². The Hall–Kier alpha value is -0.890. The number of morpholine rings is 1. The third-order valence-electron chi connectivity index (χ3n) is 3.22. The zero-order valence-electron chi connectivity index (χ0n) is 12.7. The normalized spacial score (nSPS) is 20.9. The van der Waals surface area contributed by atoms with E-state index in [0.717, 1.165) is 52.4 Å². The molecule has 0 bridgehead atoms. The fourth-order valence-corrected chi connectivity index (χ4v) is 2.05. The molecule has 1 aliphatic rings. The highest BCUT2D eigenvalue weighted by Crippen LogP contribution is 2.04. The number of hydrogen-bond acceptors (Lipinski definition) is 5. The summed E-state index contributed by atoms with van der Waals surface area (Å²) in [5, 5.41) is 3.16. The van der Waals surface area contributed by atoms with E-state index in [2.05, 4.69) is 27.6 Å². The van der Waals surface area contributed by atoms with Crippen LogP contribution in [0.15, 0.2) is 4.99 Å². The van der Waals surface area contributed by atoms with Gasteiger partial charge in [0.05, 0.1) is 19.3 Å². The van der Waals surface area contributed by atoms with Gasteiger partial charge in [0.15, 0.2) is 0 Å². The van der Waals surface area contributed by atoms with E-state index in [0.29, 0.717) is 12.5 Å². The summed E-state index contributed by atoms with van der Waals surface area (Å²) < 4.78 is 11.0. The quantitative estimate of drug-likeness (QED) is 0.184. The molecule has 118 valence electrons. The minimum atomic E-state index is 0.150. The van der Waals surface area contributed by atoms with Crippen molar-refractivity contribution in [3.63, 3.8) is 0 Å². The molecule has 0 aromatic rings. The number of likely N-dealkylation sites (N-methyl/N-ethyl adjacent to an activating group) is 1. The van der Waals surface area contributed by atoms with Crippen LogP contribution in [0.25, 0.3) is 0 Å². The van der Waals surface area contributed by atoms with E-state index in [1.54, 1.807) is 0 Å². The van der Waals surface area contributed by atoms with Gasteiger partial charge in [-0.3, -0.25) is 10.3 Å². The van der Waals surface area contributed by atoms with Crippen LogP contribution in [0.5, 0.6) is 0 Å². The zero-order chi connectivity index (χ0) is 14.6. The molecular weight excluding hydrogens is 258 g/mol. The molecule has 1 fully saturated rings. The first kappa shape index (κ1) is 17.2. The lowest BCUT2D eigenvalue weighted by molar-refractivity contribution is -0.0210. The van der Waals surface area contributed by atoms with Gasteiger partial charge in [0.25, 0.3) is 0 Å². The van der Waals surface area contributed by atoms with Crippen molar-refractivity contribution in [1.29, 1.82) is 0 Å². The van der Waals surface area contributed by atoms with Gasteiger partial charge >= 0.3 is 0 Å². The molecule has 0 spiro atoms. The molecule has 1 heterocycles. The van der Waals surface area contributed by atoms with Crippen LogP contribution in [0.1, 0.15) is 20.3 Å². The lowest BCUT2D eigenvalue weighted by Gasteiger charge is -2.31. The highest BCUT2D eigenvalue weighted by atomic mass is 16.5. The highest BCUT2D eigenvalue weighted by Gasteiger charge is 2.18. The summed E-state index contributed by atoms with van der Waals surface area (Å²) in [5.41, 5.74) is 2.59. The van der Waals surface area contributed by atoms with Gasteiger partial charge in [-0.1, -0.05) is 6.92 Å². The van der Waals surface area contributed by atoms with Crippen molar-refractivity contribution < 1.29 is 9.47 Å². The van der Waals surface area contributed by atoms with Crippen LogP contribution in [0.4, 0.5) is 0 Å². The summed E-state index contributed by atoms with van der Waals surface area (Å²) >= 11 is 0.